The lowest BCUT2D eigenvalue weighted by Crippen LogP contribution is -2.02. The molecule has 0 aliphatic rings. The van der Waals surface area contributed by atoms with Crippen LogP contribution >= 0.6 is 0 Å². The minimum atomic E-state index is -0.697. The molecule has 0 aliphatic carbocycles. The van der Waals surface area contributed by atoms with E-state index in [1.54, 1.807) is 6.92 Å². The largest absolute Gasteiger partial charge is 0.463 e. The molecule has 0 atom stereocenters. The number of aromatic nitrogens is 1. The maximum Gasteiger partial charge on any atom is 0.377 e. The number of rotatable bonds is 2. The number of methoxy groups -OCH3 is 1. The topological polar surface area (TPSA) is 69.4 Å². The summed E-state index contributed by atoms with van der Waals surface area (Å²) in [5.41, 5.74) is 0.521. The Balaban J connectivity index is 3.15. The lowest BCUT2D eigenvalue weighted by Gasteiger charge is -1.91. The van der Waals surface area contributed by atoms with Gasteiger partial charge in [-0.15, -0.1) is 0 Å². The first-order chi connectivity index (χ1) is 5.70. The fourth-order valence-corrected chi connectivity index (χ4v) is 0.755. The van der Waals surface area contributed by atoms with Crippen LogP contribution in [0.4, 0.5) is 0 Å². The van der Waals surface area contributed by atoms with Gasteiger partial charge in [0.25, 0.3) is 5.76 Å². The molecule has 0 aromatic carbocycles. The second-order valence-electron chi connectivity index (χ2n) is 2.12. The number of hydrogen-bond acceptors (Lipinski definition) is 5. The zero-order valence-electron chi connectivity index (χ0n) is 6.66. The predicted octanol–water partition coefficient (Wildman–Crippen LogP) is 0.582. The molecule has 0 radical (unpaired) electrons. The van der Waals surface area contributed by atoms with Crippen molar-refractivity contribution in [1.82, 2.24) is 5.16 Å². The summed E-state index contributed by atoms with van der Waals surface area (Å²) in [6.07, 6.45) is 0.512. The Kier molecular flexibility index (Phi) is 2.23. The predicted molar refractivity (Wildman–Crippen MR) is 38.0 cm³/mol. The van der Waals surface area contributed by atoms with Gasteiger partial charge >= 0.3 is 5.97 Å². The van der Waals surface area contributed by atoms with Crippen molar-refractivity contribution < 1.29 is 18.8 Å². The minimum Gasteiger partial charge on any atom is -0.463 e. The summed E-state index contributed by atoms with van der Waals surface area (Å²) in [6, 6.07) is 0. The van der Waals surface area contributed by atoms with Crippen LogP contribution in [0.1, 0.15) is 26.6 Å². The third-order valence-electron chi connectivity index (χ3n) is 1.40. The maximum absolute atomic E-state index is 10.9. The molecule has 1 aromatic rings. The second-order valence-corrected chi connectivity index (χ2v) is 2.12. The molecule has 0 aliphatic heterocycles. The van der Waals surface area contributed by atoms with Crippen LogP contribution in [0.2, 0.25) is 0 Å². The molecular formula is C7H7NO4. The molecule has 12 heavy (non-hydrogen) atoms. The molecule has 0 unspecified atom stereocenters. The Labute approximate surface area is 68.3 Å². The van der Waals surface area contributed by atoms with E-state index in [0.717, 1.165) is 0 Å². The van der Waals surface area contributed by atoms with Crippen LogP contribution in [0, 0.1) is 6.92 Å². The molecule has 0 amide bonds. The second kappa shape index (κ2) is 3.17. The lowest BCUT2D eigenvalue weighted by atomic mass is 10.2. The Morgan fingerprint density at radius 1 is 1.67 bits per heavy atom. The highest BCUT2D eigenvalue weighted by atomic mass is 16.5. The minimum absolute atomic E-state index is 0.141. The third kappa shape index (κ3) is 1.20. The molecule has 0 bridgehead atoms. The van der Waals surface area contributed by atoms with Gasteiger partial charge in [-0.25, -0.2) is 4.79 Å². The van der Waals surface area contributed by atoms with Gasteiger partial charge in [-0.2, -0.15) is 0 Å². The van der Waals surface area contributed by atoms with E-state index < -0.39 is 5.97 Å². The van der Waals surface area contributed by atoms with E-state index in [2.05, 4.69) is 14.4 Å². The van der Waals surface area contributed by atoms with E-state index in [0.29, 0.717) is 12.0 Å². The first-order valence-electron chi connectivity index (χ1n) is 3.20. The average molecular weight is 169 g/mol. The molecule has 0 saturated carbocycles. The van der Waals surface area contributed by atoms with Crippen LogP contribution in [0.5, 0.6) is 0 Å². The number of ether oxygens (including phenoxy) is 1. The van der Waals surface area contributed by atoms with Gasteiger partial charge < -0.3 is 9.26 Å². The number of carbonyl (C=O) groups is 2. The van der Waals surface area contributed by atoms with Crippen LogP contribution in [0.25, 0.3) is 0 Å². The lowest BCUT2D eigenvalue weighted by molar-refractivity contribution is 0.0552. The van der Waals surface area contributed by atoms with Gasteiger partial charge in [0.15, 0.2) is 6.29 Å². The number of nitrogens with zero attached hydrogens (tertiary/aromatic N) is 1. The van der Waals surface area contributed by atoms with Gasteiger partial charge in [0.05, 0.1) is 18.4 Å². The fraction of sp³-hybridized carbons (Fsp3) is 0.286. The molecule has 0 saturated heterocycles. The standard InChI is InChI=1S/C7H7NO4/c1-4-5(3-9)6(12-8-4)7(10)11-2/h3H,1-2H3. The smallest absolute Gasteiger partial charge is 0.377 e. The van der Waals surface area contributed by atoms with Crippen LogP contribution in [-0.2, 0) is 4.74 Å². The number of carbonyl (C=O) groups excluding carboxylic acids is 2. The van der Waals surface area contributed by atoms with Crippen LogP contribution < -0.4 is 0 Å². The summed E-state index contributed by atoms with van der Waals surface area (Å²) in [4.78, 5) is 21.3. The van der Waals surface area contributed by atoms with Gasteiger partial charge in [0.2, 0.25) is 0 Å². The summed E-state index contributed by atoms with van der Waals surface area (Å²) in [7, 11) is 1.20. The van der Waals surface area contributed by atoms with Crippen molar-refractivity contribution in [3.05, 3.63) is 17.0 Å². The number of aldehydes is 1. The van der Waals surface area contributed by atoms with Crippen LogP contribution in [-0.4, -0.2) is 24.5 Å². The molecule has 64 valence electrons. The van der Waals surface area contributed by atoms with Gasteiger partial charge in [-0.05, 0) is 6.92 Å². The Morgan fingerprint density at radius 2 is 2.33 bits per heavy atom. The van der Waals surface area contributed by atoms with Crippen molar-refractivity contribution in [1.29, 1.82) is 0 Å². The molecule has 0 fully saturated rings. The fourth-order valence-electron chi connectivity index (χ4n) is 0.755. The Hall–Kier alpha value is -1.65. The van der Waals surface area contributed by atoms with E-state index >= 15 is 0 Å². The Morgan fingerprint density at radius 3 is 2.83 bits per heavy atom. The summed E-state index contributed by atoms with van der Waals surface area (Å²) in [5.74, 6) is -0.845. The van der Waals surface area contributed by atoms with Gasteiger partial charge in [-0.1, -0.05) is 5.16 Å². The summed E-state index contributed by atoms with van der Waals surface area (Å²) in [5, 5.41) is 3.45. The van der Waals surface area contributed by atoms with Crippen molar-refractivity contribution >= 4 is 12.3 Å². The van der Waals surface area contributed by atoms with Crippen molar-refractivity contribution in [2.75, 3.05) is 7.11 Å². The van der Waals surface area contributed by atoms with Crippen molar-refractivity contribution in [2.45, 2.75) is 6.92 Å². The molecule has 5 nitrogen and oxygen atoms in total. The van der Waals surface area contributed by atoms with Crippen molar-refractivity contribution in [3.8, 4) is 0 Å². The van der Waals surface area contributed by atoms with E-state index in [1.807, 2.05) is 0 Å². The van der Waals surface area contributed by atoms with E-state index in [1.165, 1.54) is 7.11 Å². The normalized spacial score (nSPS) is 9.50. The molecule has 1 rings (SSSR count). The van der Waals surface area contributed by atoms with Gasteiger partial charge in [-0.3, -0.25) is 4.79 Å². The first-order valence-corrected chi connectivity index (χ1v) is 3.20. The summed E-state index contributed by atoms with van der Waals surface area (Å²) < 4.78 is 8.94. The average Bonchev–Trinajstić information content (AvgIpc) is 2.45. The molecule has 0 N–H and O–H groups in total. The summed E-state index contributed by atoms with van der Waals surface area (Å²) in [6.45, 7) is 1.57. The molecule has 0 spiro atoms. The Bertz CT molecular complexity index is 315. The van der Waals surface area contributed by atoms with E-state index in [9.17, 15) is 9.59 Å². The number of esters is 1. The summed E-state index contributed by atoms with van der Waals surface area (Å²) >= 11 is 0. The van der Waals surface area contributed by atoms with Crippen molar-refractivity contribution in [2.24, 2.45) is 0 Å². The third-order valence-corrected chi connectivity index (χ3v) is 1.40. The van der Waals surface area contributed by atoms with Gasteiger partial charge in [0, 0.05) is 0 Å². The molecule has 1 aromatic heterocycles. The zero-order chi connectivity index (χ0) is 9.14. The monoisotopic (exact) mass is 169 g/mol. The SMILES string of the molecule is COC(=O)c1onc(C)c1C=O. The molecule has 1 heterocycles. The van der Waals surface area contributed by atoms with Crippen LogP contribution in [0.15, 0.2) is 4.52 Å². The first kappa shape index (κ1) is 8.45. The highest BCUT2D eigenvalue weighted by Gasteiger charge is 2.19. The molecular weight excluding hydrogens is 162 g/mol. The number of hydrogen-bond donors (Lipinski definition) is 0. The van der Waals surface area contributed by atoms with E-state index in [4.69, 9.17) is 0 Å². The zero-order valence-corrected chi connectivity index (χ0v) is 6.66. The maximum atomic E-state index is 10.9. The quantitative estimate of drug-likeness (QED) is 0.478. The van der Waals surface area contributed by atoms with Gasteiger partial charge in [0.1, 0.15) is 0 Å². The highest BCUT2D eigenvalue weighted by molar-refractivity contribution is 5.96. The van der Waals surface area contributed by atoms with Crippen LogP contribution in [0.3, 0.4) is 0 Å². The highest BCUT2D eigenvalue weighted by Crippen LogP contribution is 2.11. The van der Waals surface area contributed by atoms with Crippen molar-refractivity contribution in [3.63, 3.8) is 0 Å². The van der Waals surface area contributed by atoms with E-state index in [-0.39, 0.29) is 11.3 Å². The molecule has 5 heteroatoms. The number of aryl methyl sites for hydroxylation is 1.